The minimum absolute atomic E-state index is 0.597. The Hall–Kier alpha value is -1.79. The molecule has 0 saturated heterocycles. The summed E-state index contributed by atoms with van der Waals surface area (Å²) in [5, 5.41) is 7.15. The van der Waals surface area contributed by atoms with Crippen LogP contribution in [-0.2, 0) is 6.54 Å². The van der Waals surface area contributed by atoms with Gasteiger partial charge in [0, 0.05) is 22.4 Å². The molecule has 4 nitrogen and oxygen atoms in total. The van der Waals surface area contributed by atoms with E-state index in [4.69, 9.17) is 12.2 Å². The number of hydrogen-bond donors (Lipinski definition) is 1. The van der Waals surface area contributed by atoms with E-state index < -0.39 is 0 Å². The van der Waals surface area contributed by atoms with Gasteiger partial charge in [-0.3, -0.25) is 14.6 Å². The third-order valence-corrected chi connectivity index (χ3v) is 4.05. The highest BCUT2D eigenvalue weighted by molar-refractivity contribution is 9.10. The summed E-state index contributed by atoms with van der Waals surface area (Å²) in [5.41, 5.74) is 2.09. The number of nitrogens with zero attached hydrogens (tertiary/aromatic N) is 3. The highest BCUT2D eigenvalue weighted by Gasteiger charge is 2.10. The zero-order valence-electron chi connectivity index (χ0n) is 10.5. The number of H-pyrrole nitrogens is 1. The van der Waals surface area contributed by atoms with Crippen molar-refractivity contribution >= 4 is 28.1 Å². The number of hydrogen-bond acceptors (Lipinski definition) is 3. The van der Waals surface area contributed by atoms with Crippen LogP contribution in [0.3, 0.4) is 0 Å². The van der Waals surface area contributed by atoms with Crippen LogP contribution in [0.15, 0.2) is 53.3 Å². The summed E-state index contributed by atoms with van der Waals surface area (Å²) in [6, 6.07) is 11.9. The summed E-state index contributed by atoms with van der Waals surface area (Å²) < 4.78 is 3.62. The van der Waals surface area contributed by atoms with Crippen LogP contribution in [0.4, 0.5) is 0 Å². The van der Waals surface area contributed by atoms with Crippen molar-refractivity contribution in [1.29, 1.82) is 0 Å². The average Bonchev–Trinajstić information content (AvgIpc) is 2.84. The minimum Gasteiger partial charge on any atom is -0.296 e. The van der Waals surface area contributed by atoms with Gasteiger partial charge in [-0.2, -0.15) is 5.10 Å². The Kier molecular flexibility index (Phi) is 3.75. The molecule has 1 N–H and O–H groups in total. The summed E-state index contributed by atoms with van der Waals surface area (Å²) in [6.45, 7) is 0.654. The molecule has 0 unspecified atom stereocenters. The zero-order valence-corrected chi connectivity index (χ0v) is 12.9. The number of aromatic amines is 1. The standard InChI is InChI=1S/C14H11BrN4S/c15-12-6-2-1-4-11(12)9-19-13(17-18-14(19)20)10-5-3-7-16-8-10/h1-8H,9H2,(H,18,20). The number of nitrogens with one attached hydrogen (secondary N) is 1. The molecule has 100 valence electrons. The molecular weight excluding hydrogens is 336 g/mol. The predicted octanol–water partition coefficient (Wildman–Crippen LogP) is 3.81. The smallest absolute Gasteiger partial charge is 0.195 e. The van der Waals surface area contributed by atoms with Crippen molar-refractivity contribution in [3.05, 3.63) is 63.6 Å². The second-order valence-electron chi connectivity index (χ2n) is 4.27. The molecule has 0 radical (unpaired) electrons. The van der Waals surface area contributed by atoms with Crippen molar-refractivity contribution in [3.63, 3.8) is 0 Å². The SMILES string of the molecule is S=c1[nH]nc(-c2cccnc2)n1Cc1ccccc1Br. The first-order valence-electron chi connectivity index (χ1n) is 6.05. The molecule has 0 saturated carbocycles. The molecule has 3 rings (SSSR count). The topological polar surface area (TPSA) is 46.5 Å². The third kappa shape index (κ3) is 2.57. The minimum atomic E-state index is 0.597. The maximum Gasteiger partial charge on any atom is 0.195 e. The van der Waals surface area contributed by atoms with Gasteiger partial charge >= 0.3 is 0 Å². The summed E-state index contributed by atoms with van der Waals surface area (Å²) in [5.74, 6) is 0.791. The highest BCUT2D eigenvalue weighted by atomic mass is 79.9. The van der Waals surface area contributed by atoms with Crippen molar-refractivity contribution < 1.29 is 0 Å². The number of halogens is 1. The van der Waals surface area contributed by atoms with Gasteiger partial charge in [0.2, 0.25) is 0 Å². The number of rotatable bonds is 3. The fraction of sp³-hybridized carbons (Fsp3) is 0.0714. The summed E-state index contributed by atoms with van der Waals surface area (Å²) in [4.78, 5) is 4.13. The Balaban J connectivity index is 2.05. The Morgan fingerprint density at radius 2 is 2.05 bits per heavy atom. The monoisotopic (exact) mass is 346 g/mol. The van der Waals surface area contributed by atoms with Crippen LogP contribution in [0.25, 0.3) is 11.4 Å². The van der Waals surface area contributed by atoms with Crippen molar-refractivity contribution in [3.8, 4) is 11.4 Å². The first-order chi connectivity index (χ1) is 9.75. The van der Waals surface area contributed by atoms with Crippen LogP contribution in [0.5, 0.6) is 0 Å². The normalized spacial score (nSPS) is 10.7. The van der Waals surface area contributed by atoms with Crippen molar-refractivity contribution in [2.75, 3.05) is 0 Å². The van der Waals surface area contributed by atoms with E-state index >= 15 is 0 Å². The summed E-state index contributed by atoms with van der Waals surface area (Å²) in [7, 11) is 0. The fourth-order valence-corrected chi connectivity index (χ4v) is 2.58. The molecule has 0 atom stereocenters. The lowest BCUT2D eigenvalue weighted by atomic mass is 10.2. The Bertz CT molecular complexity index is 779. The molecule has 1 aromatic carbocycles. The van der Waals surface area contributed by atoms with Gasteiger partial charge in [0.25, 0.3) is 0 Å². The van der Waals surface area contributed by atoms with E-state index in [1.165, 1.54) is 0 Å². The van der Waals surface area contributed by atoms with Crippen LogP contribution in [0.1, 0.15) is 5.56 Å². The molecule has 0 bridgehead atoms. The molecule has 6 heteroatoms. The van der Waals surface area contributed by atoms with E-state index in [2.05, 4.69) is 37.2 Å². The molecule has 0 aliphatic rings. The van der Waals surface area contributed by atoms with E-state index in [-0.39, 0.29) is 0 Å². The molecular formula is C14H11BrN4S. The molecule has 0 aliphatic heterocycles. The first-order valence-corrected chi connectivity index (χ1v) is 7.25. The van der Waals surface area contributed by atoms with E-state index in [9.17, 15) is 0 Å². The quantitative estimate of drug-likeness (QED) is 0.733. The second kappa shape index (κ2) is 5.68. The van der Waals surface area contributed by atoms with Gasteiger partial charge in [0.05, 0.1) is 6.54 Å². The van der Waals surface area contributed by atoms with Gasteiger partial charge in [-0.05, 0) is 36.0 Å². The van der Waals surface area contributed by atoms with Crippen LogP contribution >= 0.6 is 28.1 Å². The molecule has 2 aromatic heterocycles. The lowest BCUT2D eigenvalue weighted by molar-refractivity contribution is 0.787. The lowest BCUT2D eigenvalue weighted by Gasteiger charge is -2.08. The van der Waals surface area contributed by atoms with Crippen molar-refractivity contribution in [2.24, 2.45) is 0 Å². The van der Waals surface area contributed by atoms with Gasteiger partial charge in [0.15, 0.2) is 10.6 Å². The first kappa shape index (κ1) is 13.2. The van der Waals surface area contributed by atoms with Gasteiger partial charge in [-0.25, -0.2) is 0 Å². The van der Waals surface area contributed by atoms with E-state index in [1.807, 2.05) is 34.9 Å². The number of aromatic nitrogens is 4. The molecule has 0 amide bonds. The second-order valence-corrected chi connectivity index (χ2v) is 5.51. The van der Waals surface area contributed by atoms with E-state index in [0.29, 0.717) is 11.3 Å². The molecule has 0 spiro atoms. The predicted molar refractivity (Wildman–Crippen MR) is 83.9 cm³/mol. The molecule has 3 aromatic rings. The van der Waals surface area contributed by atoms with Gasteiger partial charge in [-0.1, -0.05) is 34.1 Å². The molecule has 0 fully saturated rings. The van der Waals surface area contributed by atoms with Gasteiger partial charge in [0.1, 0.15) is 0 Å². The van der Waals surface area contributed by atoms with Gasteiger partial charge in [-0.15, -0.1) is 0 Å². The van der Waals surface area contributed by atoms with E-state index in [0.717, 1.165) is 21.4 Å². The Morgan fingerprint density at radius 1 is 1.20 bits per heavy atom. The lowest BCUT2D eigenvalue weighted by Crippen LogP contribution is -2.03. The molecule has 20 heavy (non-hydrogen) atoms. The largest absolute Gasteiger partial charge is 0.296 e. The molecule has 0 aliphatic carbocycles. The van der Waals surface area contributed by atoms with E-state index in [1.54, 1.807) is 12.4 Å². The van der Waals surface area contributed by atoms with Crippen LogP contribution in [0.2, 0.25) is 0 Å². The maximum absolute atomic E-state index is 5.32. The summed E-state index contributed by atoms with van der Waals surface area (Å²) >= 11 is 8.88. The maximum atomic E-state index is 5.32. The van der Waals surface area contributed by atoms with Crippen LogP contribution < -0.4 is 0 Å². The van der Waals surface area contributed by atoms with Crippen LogP contribution in [0, 0.1) is 4.77 Å². The average molecular weight is 347 g/mol. The zero-order chi connectivity index (χ0) is 13.9. The number of pyridine rings is 1. The number of benzene rings is 1. The van der Waals surface area contributed by atoms with Crippen molar-refractivity contribution in [1.82, 2.24) is 19.7 Å². The van der Waals surface area contributed by atoms with Crippen LogP contribution in [-0.4, -0.2) is 19.7 Å². The Labute approximate surface area is 129 Å². The Morgan fingerprint density at radius 3 is 2.80 bits per heavy atom. The highest BCUT2D eigenvalue weighted by Crippen LogP contribution is 2.21. The summed E-state index contributed by atoms with van der Waals surface area (Å²) in [6.07, 6.45) is 3.52. The fourth-order valence-electron chi connectivity index (χ4n) is 1.98. The van der Waals surface area contributed by atoms with Gasteiger partial charge < -0.3 is 0 Å². The third-order valence-electron chi connectivity index (χ3n) is 2.96. The molecule has 2 heterocycles. The van der Waals surface area contributed by atoms with Crippen molar-refractivity contribution in [2.45, 2.75) is 6.54 Å².